The van der Waals surface area contributed by atoms with E-state index in [1.165, 1.54) is 0 Å². The molecule has 2 atom stereocenters. The van der Waals surface area contributed by atoms with Crippen molar-refractivity contribution in [1.29, 1.82) is 0 Å². The van der Waals surface area contributed by atoms with Gasteiger partial charge in [0.25, 0.3) is 0 Å². The fourth-order valence-electron chi connectivity index (χ4n) is 1.60. The molecule has 0 spiro atoms. The smallest absolute Gasteiger partial charge is 0.317 e. The first-order chi connectivity index (χ1) is 5.59. The summed E-state index contributed by atoms with van der Waals surface area (Å²) < 4.78 is 0. The van der Waals surface area contributed by atoms with Crippen molar-refractivity contribution >= 4 is 5.97 Å². The second-order valence-electron chi connectivity index (χ2n) is 3.39. The van der Waals surface area contributed by atoms with Crippen LogP contribution >= 0.6 is 0 Å². The van der Waals surface area contributed by atoms with Crippen LogP contribution in [0.15, 0.2) is 0 Å². The van der Waals surface area contributed by atoms with Gasteiger partial charge in [-0.05, 0) is 19.8 Å². The molecule has 0 aromatic rings. The van der Waals surface area contributed by atoms with Gasteiger partial charge in [-0.1, -0.05) is 0 Å². The van der Waals surface area contributed by atoms with E-state index in [2.05, 4.69) is 0 Å². The molecule has 4 nitrogen and oxygen atoms in total. The van der Waals surface area contributed by atoms with E-state index in [9.17, 15) is 9.90 Å². The molecule has 0 amide bonds. The second kappa shape index (κ2) is 3.87. The number of aliphatic hydroxyl groups excluding tert-OH is 1. The van der Waals surface area contributed by atoms with Gasteiger partial charge in [-0.25, -0.2) is 0 Å². The maximum Gasteiger partial charge on any atom is 0.317 e. The van der Waals surface area contributed by atoms with Gasteiger partial charge >= 0.3 is 5.97 Å². The molecule has 0 aromatic heterocycles. The molecule has 0 saturated carbocycles. The zero-order valence-corrected chi connectivity index (χ0v) is 7.23. The van der Waals surface area contributed by atoms with Crippen molar-refractivity contribution in [2.45, 2.75) is 31.9 Å². The molecule has 1 fully saturated rings. The van der Waals surface area contributed by atoms with Gasteiger partial charge in [0, 0.05) is 12.6 Å². The molecular formula is C8H15NO3. The van der Waals surface area contributed by atoms with E-state index >= 15 is 0 Å². The predicted octanol–water partition coefficient (Wildman–Crippen LogP) is -0.0838. The van der Waals surface area contributed by atoms with Crippen molar-refractivity contribution in [3.63, 3.8) is 0 Å². The van der Waals surface area contributed by atoms with Crippen LogP contribution in [-0.4, -0.2) is 46.3 Å². The molecule has 1 heterocycles. The van der Waals surface area contributed by atoms with Crippen LogP contribution in [-0.2, 0) is 4.79 Å². The summed E-state index contributed by atoms with van der Waals surface area (Å²) >= 11 is 0. The summed E-state index contributed by atoms with van der Waals surface area (Å²) in [5, 5.41) is 17.8. The Kier molecular flexibility index (Phi) is 3.05. The molecule has 70 valence electrons. The number of nitrogens with zero attached hydrogens (tertiary/aromatic N) is 1. The van der Waals surface area contributed by atoms with Crippen LogP contribution in [0.4, 0.5) is 0 Å². The van der Waals surface area contributed by atoms with Crippen molar-refractivity contribution < 1.29 is 15.0 Å². The first-order valence-corrected chi connectivity index (χ1v) is 4.23. The number of carboxylic acids is 1. The lowest BCUT2D eigenvalue weighted by molar-refractivity contribution is -0.139. The Bertz CT molecular complexity index is 172. The number of rotatable bonds is 2. The Morgan fingerprint density at radius 3 is 2.83 bits per heavy atom. The Morgan fingerprint density at radius 2 is 2.33 bits per heavy atom. The molecule has 0 aromatic carbocycles. The maximum atomic E-state index is 10.4. The highest BCUT2D eigenvalue weighted by Gasteiger charge is 2.24. The third kappa shape index (κ3) is 2.46. The van der Waals surface area contributed by atoms with Crippen LogP contribution in [0.3, 0.4) is 0 Å². The van der Waals surface area contributed by atoms with Gasteiger partial charge in [-0.2, -0.15) is 0 Å². The summed E-state index contributed by atoms with van der Waals surface area (Å²) in [5.41, 5.74) is 0. The summed E-state index contributed by atoms with van der Waals surface area (Å²) in [6, 6.07) is 0.185. The minimum Gasteiger partial charge on any atom is -0.480 e. The van der Waals surface area contributed by atoms with Gasteiger partial charge in [0.1, 0.15) is 0 Å². The number of aliphatic hydroxyl groups is 1. The first-order valence-electron chi connectivity index (χ1n) is 4.23. The van der Waals surface area contributed by atoms with E-state index in [-0.39, 0.29) is 18.7 Å². The lowest BCUT2D eigenvalue weighted by atomic mass is 10.0. The molecule has 0 bridgehead atoms. The number of hydrogen-bond acceptors (Lipinski definition) is 3. The van der Waals surface area contributed by atoms with Crippen LogP contribution in [0.25, 0.3) is 0 Å². The molecule has 0 radical (unpaired) electrons. The first kappa shape index (κ1) is 9.48. The highest BCUT2D eigenvalue weighted by Crippen LogP contribution is 2.16. The molecule has 1 aliphatic rings. The normalized spacial score (nSPS) is 31.8. The quantitative estimate of drug-likeness (QED) is 0.613. The topological polar surface area (TPSA) is 60.8 Å². The molecule has 1 saturated heterocycles. The van der Waals surface area contributed by atoms with E-state index < -0.39 is 5.97 Å². The lowest BCUT2D eigenvalue weighted by Crippen LogP contribution is -2.44. The lowest BCUT2D eigenvalue weighted by Gasteiger charge is -2.34. The summed E-state index contributed by atoms with van der Waals surface area (Å²) in [6.07, 6.45) is 1.13. The number of carbonyl (C=O) groups is 1. The number of likely N-dealkylation sites (tertiary alicyclic amines) is 1. The van der Waals surface area contributed by atoms with Crippen molar-refractivity contribution in [1.82, 2.24) is 4.90 Å². The van der Waals surface area contributed by atoms with Crippen LogP contribution in [0.2, 0.25) is 0 Å². The molecular weight excluding hydrogens is 158 g/mol. The fraction of sp³-hybridized carbons (Fsp3) is 0.875. The van der Waals surface area contributed by atoms with Crippen LogP contribution < -0.4 is 0 Å². The molecule has 2 N–H and O–H groups in total. The minimum atomic E-state index is -0.793. The molecule has 1 aliphatic heterocycles. The van der Waals surface area contributed by atoms with E-state index in [1.54, 1.807) is 0 Å². The summed E-state index contributed by atoms with van der Waals surface area (Å²) in [6.45, 7) is 2.73. The Morgan fingerprint density at radius 1 is 1.67 bits per heavy atom. The van der Waals surface area contributed by atoms with Crippen molar-refractivity contribution in [2.75, 3.05) is 13.1 Å². The molecule has 1 rings (SSSR count). The highest BCUT2D eigenvalue weighted by molar-refractivity contribution is 5.69. The highest BCUT2D eigenvalue weighted by atomic mass is 16.4. The van der Waals surface area contributed by atoms with Crippen molar-refractivity contribution in [3.05, 3.63) is 0 Å². The SMILES string of the molecule is CC1CC(O)CCN1CC(=O)O. The summed E-state index contributed by atoms with van der Waals surface area (Å²) in [5.74, 6) is -0.793. The van der Waals surface area contributed by atoms with Gasteiger partial charge in [-0.3, -0.25) is 9.69 Å². The third-order valence-corrected chi connectivity index (χ3v) is 2.32. The fourth-order valence-corrected chi connectivity index (χ4v) is 1.60. The van der Waals surface area contributed by atoms with Crippen LogP contribution in [0.5, 0.6) is 0 Å². The predicted molar refractivity (Wildman–Crippen MR) is 43.9 cm³/mol. The van der Waals surface area contributed by atoms with E-state index in [1.807, 2.05) is 11.8 Å². The van der Waals surface area contributed by atoms with Crippen molar-refractivity contribution in [3.8, 4) is 0 Å². The van der Waals surface area contributed by atoms with Gasteiger partial charge in [-0.15, -0.1) is 0 Å². The molecule has 2 unspecified atom stereocenters. The van der Waals surface area contributed by atoms with Gasteiger partial charge in [0.05, 0.1) is 12.6 Å². The summed E-state index contributed by atoms with van der Waals surface area (Å²) in [4.78, 5) is 12.3. The average Bonchev–Trinajstić information content (AvgIpc) is 1.94. The van der Waals surface area contributed by atoms with Gasteiger partial charge in [0.15, 0.2) is 0 Å². The second-order valence-corrected chi connectivity index (χ2v) is 3.39. The number of aliphatic carboxylic acids is 1. The molecule has 0 aliphatic carbocycles. The summed E-state index contributed by atoms with van der Waals surface area (Å²) in [7, 11) is 0. The van der Waals surface area contributed by atoms with Crippen molar-refractivity contribution in [2.24, 2.45) is 0 Å². The Hall–Kier alpha value is -0.610. The van der Waals surface area contributed by atoms with Gasteiger partial charge in [0.2, 0.25) is 0 Å². The maximum absolute atomic E-state index is 10.4. The third-order valence-electron chi connectivity index (χ3n) is 2.32. The zero-order valence-electron chi connectivity index (χ0n) is 7.23. The Balaban J connectivity index is 2.39. The molecule has 4 heteroatoms. The van der Waals surface area contributed by atoms with Crippen LogP contribution in [0.1, 0.15) is 19.8 Å². The van der Waals surface area contributed by atoms with E-state index in [4.69, 9.17) is 5.11 Å². The van der Waals surface area contributed by atoms with E-state index in [0.29, 0.717) is 19.4 Å². The standard InChI is InChI=1S/C8H15NO3/c1-6-4-7(10)2-3-9(6)5-8(11)12/h6-7,10H,2-5H2,1H3,(H,11,12). The molecule has 12 heavy (non-hydrogen) atoms. The minimum absolute atomic E-state index is 0.0912. The van der Waals surface area contributed by atoms with Crippen LogP contribution in [0, 0.1) is 0 Å². The Labute approximate surface area is 71.8 Å². The number of hydrogen-bond donors (Lipinski definition) is 2. The van der Waals surface area contributed by atoms with E-state index in [0.717, 1.165) is 0 Å². The average molecular weight is 173 g/mol. The number of piperidine rings is 1. The number of carboxylic acid groups (broad SMARTS) is 1. The van der Waals surface area contributed by atoms with Gasteiger partial charge < -0.3 is 10.2 Å². The monoisotopic (exact) mass is 173 g/mol. The zero-order chi connectivity index (χ0) is 9.14. The largest absolute Gasteiger partial charge is 0.480 e.